The van der Waals surface area contributed by atoms with Gasteiger partial charge in [0.05, 0.1) is 0 Å². The fraction of sp³-hybridized carbons (Fsp3) is 0.650. The van der Waals surface area contributed by atoms with Crippen LogP contribution in [0.3, 0.4) is 0 Å². The molecule has 0 spiro atoms. The quantitative estimate of drug-likeness (QED) is 0.884. The van der Waals surface area contributed by atoms with Gasteiger partial charge in [0, 0.05) is 24.4 Å². The second kappa shape index (κ2) is 5.76. The van der Waals surface area contributed by atoms with Gasteiger partial charge in [-0.15, -0.1) is 0 Å². The van der Waals surface area contributed by atoms with Crippen molar-refractivity contribution in [1.82, 2.24) is 10.6 Å². The Hall–Kier alpha value is -1.49. The third-order valence-electron chi connectivity index (χ3n) is 7.22. The lowest BCUT2D eigenvalue weighted by Gasteiger charge is -2.33. The number of carbonyl (C=O) groups excluding carboxylic acids is 1. The molecule has 0 radical (unpaired) electrons. The molecule has 6 atom stereocenters. The van der Waals surface area contributed by atoms with Gasteiger partial charge in [0.2, 0.25) is 5.91 Å². The van der Waals surface area contributed by atoms with Gasteiger partial charge in [0.15, 0.2) is 11.6 Å². The smallest absolute Gasteiger partial charge is 0.223 e. The van der Waals surface area contributed by atoms with Gasteiger partial charge in [-0.3, -0.25) is 4.79 Å². The molecule has 1 aliphatic heterocycles. The largest absolute Gasteiger partial charge is 0.351 e. The SMILES string of the molecule is O=C(NC1CNCCC1c1ccc(F)c(F)c1)C1C2C3CCC(C3)C12. The Balaban J connectivity index is 1.30. The maximum Gasteiger partial charge on any atom is 0.223 e. The molecule has 4 fully saturated rings. The minimum Gasteiger partial charge on any atom is -0.351 e. The Morgan fingerprint density at radius 3 is 2.56 bits per heavy atom. The first kappa shape index (κ1) is 15.7. The number of piperidine rings is 1. The van der Waals surface area contributed by atoms with E-state index in [0.717, 1.165) is 30.4 Å². The summed E-state index contributed by atoms with van der Waals surface area (Å²) in [6, 6.07) is 4.08. The monoisotopic (exact) mass is 346 g/mol. The standard InChI is InChI=1S/C20H24F2N2O/c21-14-4-3-10(8-15(14)22)13-5-6-23-9-16(13)24-20(25)19-17-11-1-2-12(7-11)18(17)19/h3-4,8,11-13,16-19,23H,1-2,5-7,9H2,(H,24,25). The fourth-order valence-electron chi connectivity index (χ4n) is 6.11. The molecular formula is C20H24F2N2O. The molecule has 1 amide bonds. The molecule has 3 nitrogen and oxygen atoms in total. The minimum atomic E-state index is -0.820. The molecular weight excluding hydrogens is 322 g/mol. The maximum absolute atomic E-state index is 13.6. The van der Waals surface area contributed by atoms with E-state index in [4.69, 9.17) is 0 Å². The van der Waals surface area contributed by atoms with Crippen molar-refractivity contribution in [2.24, 2.45) is 29.6 Å². The Labute approximate surface area is 146 Å². The summed E-state index contributed by atoms with van der Waals surface area (Å²) in [5.74, 6) is 1.60. The molecule has 4 aliphatic rings. The summed E-state index contributed by atoms with van der Waals surface area (Å²) in [6.45, 7) is 1.51. The van der Waals surface area contributed by atoms with Crippen LogP contribution in [0.15, 0.2) is 18.2 Å². The second-order valence-corrected chi connectivity index (χ2v) is 8.40. The Kier molecular flexibility index (Phi) is 3.63. The minimum absolute atomic E-state index is 0.0376. The highest BCUT2D eigenvalue weighted by atomic mass is 19.2. The van der Waals surface area contributed by atoms with E-state index < -0.39 is 11.6 Å². The van der Waals surface area contributed by atoms with Crippen LogP contribution in [0.2, 0.25) is 0 Å². The van der Waals surface area contributed by atoms with Gasteiger partial charge in [-0.1, -0.05) is 6.07 Å². The first-order valence-corrected chi connectivity index (χ1v) is 9.59. The summed E-state index contributed by atoms with van der Waals surface area (Å²) in [6.07, 6.45) is 4.76. The highest BCUT2D eigenvalue weighted by Gasteiger charge is 2.67. The number of hydrogen-bond acceptors (Lipinski definition) is 2. The van der Waals surface area contributed by atoms with Crippen LogP contribution in [0.4, 0.5) is 8.78 Å². The van der Waals surface area contributed by atoms with Crippen LogP contribution < -0.4 is 10.6 Å². The topological polar surface area (TPSA) is 41.1 Å². The molecule has 1 aromatic carbocycles. The van der Waals surface area contributed by atoms with E-state index >= 15 is 0 Å². The van der Waals surface area contributed by atoms with Crippen molar-refractivity contribution in [3.05, 3.63) is 35.4 Å². The van der Waals surface area contributed by atoms with Crippen molar-refractivity contribution in [3.8, 4) is 0 Å². The molecule has 6 unspecified atom stereocenters. The Morgan fingerprint density at radius 2 is 1.84 bits per heavy atom. The lowest BCUT2D eigenvalue weighted by molar-refractivity contribution is -0.124. The van der Waals surface area contributed by atoms with Crippen LogP contribution in [0.5, 0.6) is 0 Å². The van der Waals surface area contributed by atoms with Crippen molar-refractivity contribution in [2.75, 3.05) is 13.1 Å². The van der Waals surface area contributed by atoms with E-state index in [1.165, 1.54) is 31.4 Å². The van der Waals surface area contributed by atoms with Gasteiger partial charge in [0.25, 0.3) is 0 Å². The number of halogens is 2. The number of benzene rings is 1. The summed E-state index contributed by atoms with van der Waals surface area (Å²) in [4.78, 5) is 12.8. The maximum atomic E-state index is 13.6. The predicted molar refractivity (Wildman–Crippen MR) is 89.8 cm³/mol. The van der Waals surface area contributed by atoms with Crippen LogP contribution in [0.25, 0.3) is 0 Å². The third-order valence-corrected chi connectivity index (χ3v) is 7.22. The molecule has 134 valence electrons. The first-order valence-electron chi connectivity index (χ1n) is 9.59. The summed E-state index contributed by atoms with van der Waals surface area (Å²) < 4.78 is 26.9. The Morgan fingerprint density at radius 1 is 1.08 bits per heavy atom. The summed E-state index contributed by atoms with van der Waals surface area (Å²) in [7, 11) is 0. The number of carbonyl (C=O) groups is 1. The van der Waals surface area contributed by atoms with Crippen LogP contribution in [-0.2, 0) is 4.79 Å². The summed E-state index contributed by atoms with van der Waals surface area (Å²) in [5.41, 5.74) is 0.779. The average Bonchev–Trinajstić information content (AvgIpc) is 3.06. The average molecular weight is 346 g/mol. The van der Waals surface area contributed by atoms with Crippen molar-refractivity contribution in [3.63, 3.8) is 0 Å². The van der Waals surface area contributed by atoms with Gasteiger partial charge in [-0.25, -0.2) is 8.78 Å². The number of fused-ring (bicyclic) bond motifs is 5. The normalized spacial score (nSPS) is 41.4. The fourth-order valence-corrected chi connectivity index (χ4v) is 6.11. The van der Waals surface area contributed by atoms with Gasteiger partial charge in [-0.2, -0.15) is 0 Å². The summed E-state index contributed by atoms with van der Waals surface area (Å²) >= 11 is 0. The first-order chi connectivity index (χ1) is 12.1. The molecule has 3 saturated carbocycles. The number of rotatable bonds is 3. The van der Waals surface area contributed by atoms with Gasteiger partial charge in [0.1, 0.15) is 0 Å². The molecule has 5 rings (SSSR count). The van der Waals surface area contributed by atoms with E-state index in [1.807, 2.05) is 0 Å². The Bertz CT molecular complexity index is 693. The molecule has 5 heteroatoms. The zero-order chi connectivity index (χ0) is 17.1. The number of amides is 1. The molecule has 1 heterocycles. The van der Waals surface area contributed by atoms with Crippen molar-refractivity contribution in [1.29, 1.82) is 0 Å². The lowest BCUT2D eigenvalue weighted by atomic mass is 9.85. The molecule has 2 N–H and O–H groups in total. The van der Waals surface area contributed by atoms with Gasteiger partial charge < -0.3 is 10.6 Å². The lowest BCUT2D eigenvalue weighted by Crippen LogP contribution is -2.50. The van der Waals surface area contributed by atoms with Crippen molar-refractivity contribution >= 4 is 5.91 Å². The summed E-state index contributed by atoms with van der Waals surface area (Å²) in [5, 5.41) is 6.57. The number of hydrogen-bond donors (Lipinski definition) is 2. The molecule has 3 aliphatic carbocycles. The third kappa shape index (κ3) is 2.50. The highest BCUT2D eigenvalue weighted by Crippen LogP contribution is 2.69. The van der Waals surface area contributed by atoms with E-state index in [2.05, 4.69) is 10.6 Å². The molecule has 2 bridgehead atoms. The molecule has 0 aromatic heterocycles. The van der Waals surface area contributed by atoms with Gasteiger partial charge >= 0.3 is 0 Å². The van der Waals surface area contributed by atoms with E-state index in [-0.39, 0.29) is 23.8 Å². The van der Waals surface area contributed by atoms with Crippen molar-refractivity contribution < 1.29 is 13.6 Å². The van der Waals surface area contributed by atoms with E-state index in [0.29, 0.717) is 18.4 Å². The van der Waals surface area contributed by atoms with Crippen LogP contribution in [0, 0.1) is 41.2 Å². The van der Waals surface area contributed by atoms with Crippen LogP contribution >= 0.6 is 0 Å². The molecule has 1 aromatic rings. The zero-order valence-corrected chi connectivity index (χ0v) is 14.2. The zero-order valence-electron chi connectivity index (χ0n) is 14.2. The van der Waals surface area contributed by atoms with Crippen LogP contribution in [0.1, 0.15) is 37.2 Å². The molecule has 1 saturated heterocycles. The van der Waals surface area contributed by atoms with E-state index in [1.54, 1.807) is 6.07 Å². The second-order valence-electron chi connectivity index (χ2n) is 8.40. The van der Waals surface area contributed by atoms with Gasteiger partial charge in [-0.05, 0) is 73.6 Å². The molecule has 25 heavy (non-hydrogen) atoms. The predicted octanol–water partition coefficient (Wildman–Crippen LogP) is 2.82. The van der Waals surface area contributed by atoms with E-state index in [9.17, 15) is 13.6 Å². The van der Waals surface area contributed by atoms with Crippen molar-refractivity contribution in [2.45, 2.75) is 37.6 Å². The highest BCUT2D eigenvalue weighted by molar-refractivity contribution is 5.83. The van der Waals surface area contributed by atoms with Crippen LogP contribution in [-0.4, -0.2) is 25.0 Å². The number of nitrogens with one attached hydrogen (secondary N) is 2.